The van der Waals surface area contributed by atoms with Crippen LogP contribution in [0.4, 0.5) is 13.2 Å². The number of alkyl halides is 2. The maximum atomic E-state index is 12.9. The van der Waals surface area contributed by atoms with Crippen LogP contribution in [-0.2, 0) is 9.59 Å². The molecule has 11 heteroatoms. The number of hydrazine groups is 1. The van der Waals surface area contributed by atoms with Crippen molar-refractivity contribution in [3.63, 3.8) is 0 Å². The van der Waals surface area contributed by atoms with E-state index in [4.69, 9.17) is 4.74 Å². The number of carbonyl (C=O) groups is 3. The molecule has 0 aliphatic rings. The van der Waals surface area contributed by atoms with Gasteiger partial charge in [-0.2, -0.15) is 8.78 Å². The van der Waals surface area contributed by atoms with Crippen molar-refractivity contribution >= 4 is 17.7 Å². The van der Waals surface area contributed by atoms with Crippen LogP contribution >= 0.6 is 0 Å². The van der Waals surface area contributed by atoms with E-state index in [9.17, 15) is 27.6 Å². The lowest BCUT2D eigenvalue weighted by molar-refractivity contribution is -0.132. The van der Waals surface area contributed by atoms with E-state index in [2.05, 4.69) is 20.9 Å². The van der Waals surface area contributed by atoms with E-state index in [1.807, 2.05) is 0 Å². The molecule has 0 spiro atoms. The molecule has 0 aliphatic carbocycles. The highest BCUT2D eigenvalue weighted by molar-refractivity contribution is 5.98. The molecule has 8 nitrogen and oxygen atoms in total. The zero-order chi connectivity index (χ0) is 22.1. The SMILES string of the molecule is CC(Oc1ccc(F)cc1)C(=O)NNC(=O)CNC(=O)c1ccccc1OC(F)F. The standard InChI is InChI=1S/C19H18F3N3O5/c1-11(29-13-8-6-12(20)7-9-13)17(27)25-24-16(26)10-23-18(28)14-4-2-3-5-15(14)30-19(21)22/h2-9,11,19H,10H2,1H3,(H,23,28)(H,24,26)(H,25,27). The van der Waals surface area contributed by atoms with Crippen molar-refractivity contribution in [2.75, 3.05) is 6.54 Å². The topological polar surface area (TPSA) is 106 Å². The molecule has 0 heterocycles. The van der Waals surface area contributed by atoms with Crippen LogP contribution in [0.1, 0.15) is 17.3 Å². The van der Waals surface area contributed by atoms with E-state index in [0.29, 0.717) is 0 Å². The van der Waals surface area contributed by atoms with Crippen LogP contribution in [0.5, 0.6) is 11.5 Å². The average molecular weight is 425 g/mol. The van der Waals surface area contributed by atoms with Crippen LogP contribution in [0.2, 0.25) is 0 Å². The molecular weight excluding hydrogens is 407 g/mol. The molecule has 0 aliphatic heterocycles. The number of halogens is 3. The zero-order valence-corrected chi connectivity index (χ0v) is 15.7. The normalized spacial score (nSPS) is 11.4. The molecule has 0 aromatic heterocycles. The van der Waals surface area contributed by atoms with Crippen molar-refractivity contribution < 1.29 is 37.0 Å². The largest absolute Gasteiger partial charge is 0.481 e. The molecule has 0 radical (unpaired) electrons. The van der Waals surface area contributed by atoms with Crippen molar-refractivity contribution in [2.24, 2.45) is 0 Å². The Kier molecular flexibility index (Phi) is 8.03. The van der Waals surface area contributed by atoms with Gasteiger partial charge in [-0.3, -0.25) is 25.2 Å². The molecule has 2 aromatic rings. The molecule has 160 valence electrons. The van der Waals surface area contributed by atoms with Gasteiger partial charge in [0.05, 0.1) is 12.1 Å². The molecule has 0 bridgehead atoms. The fraction of sp³-hybridized carbons (Fsp3) is 0.211. The molecule has 1 atom stereocenters. The summed E-state index contributed by atoms with van der Waals surface area (Å²) in [4.78, 5) is 35.8. The quantitative estimate of drug-likeness (QED) is 0.559. The summed E-state index contributed by atoms with van der Waals surface area (Å²) in [6.07, 6.45) is -1.01. The number of amides is 3. The highest BCUT2D eigenvalue weighted by atomic mass is 19.3. The second-order valence-electron chi connectivity index (χ2n) is 5.81. The second-order valence-corrected chi connectivity index (χ2v) is 5.81. The first-order chi connectivity index (χ1) is 14.3. The van der Waals surface area contributed by atoms with Crippen molar-refractivity contribution in [1.29, 1.82) is 0 Å². The number of hydrogen-bond donors (Lipinski definition) is 3. The van der Waals surface area contributed by atoms with Crippen molar-refractivity contribution in [3.05, 3.63) is 59.9 Å². The molecule has 3 amide bonds. The van der Waals surface area contributed by atoms with Crippen LogP contribution in [0.15, 0.2) is 48.5 Å². The maximum absolute atomic E-state index is 12.9. The molecule has 0 saturated carbocycles. The molecular formula is C19H18F3N3O5. The number of para-hydroxylation sites is 1. The highest BCUT2D eigenvalue weighted by Crippen LogP contribution is 2.20. The highest BCUT2D eigenvalue weighted by Gasteiger charge is 2.18. The van der Waals surface area contributed by atoms with E-state index in [0.717, 1.165) is 12.1 Å². The summed E-state index contributed by atoms with van der Waals surface area (Å²) >= 11 is 0. The molecule has 30 heavy (non-hydrogen) atoms. The molecule has 2 rings (SSSR count). The Morgan fingerprint density at radius 3 is 2.30 bits per heavy atom. The van der Waals surface area contributed by atoms with Gasteiger partial charge in [-0.05, 0) is 43.3 Å². The Morgan fingerprint density at radius 1 is 0.967 bits per heavy atom. The summed E-state index contributed by atoms with van der Waals surface area (Å²) in [6, 6.07) is 10.3. The van der Waals surface area contributed by atoms with E-state index >= 15 is 0 Å². The van der Waals surface area contributed by atoms with Crippen LogP contribution < -0.4 is 25.6 Å². The van der Waals surface area contributed by atoms with E-state index in [-0.39, 0.29) is 17.1 Å². The van der Waals surface area contributed by atoms with Crippen LogP contribution in [-0.4, -0.2) is 37.0 Å². The fourth-order valence-electron chi connectivity index (χ4n) is 2.16. The third kappa shape index (κ3) is 7.00. The van der Waals surface area contributed by atoms with E-state index < -0.39 is 42.8 Å². The number of ether oxygens (including phenoxy) is 2. The van der Waals surface area contributed by atoms with Gasteiger partial charge in [0.25, 0.3) is 17.7 Å². The van der Waals surface area contributed by atoms with Crippen LogP contribution in [0, 0.1) is 5.82 Å². The number of nitrogens with one attached hydrogen (secondary N) is 3. The molecule has 3 N–H and O–H groups in total. The average Bonchev–Trinajstić information content (AvgIpc) is 2.71. The Labute approximate surface area is 169 Å². The van der Waals surface area contributed by atoms with Crippen LogP contribution in [0.25, 0.3) is 0 Å². The summed E-state index contributed by atoms with van der Waals surface area (Å²) in [5.41, 5.74) is 3.99. The van der Waals surface area contributed by atoms with Crippen LogP contribution in [0.3, 0.4) is 0 Å². The molecule has 2 aromatic carbocycles. The molecule has 0 saturated heterocycles. The number of hydrogen-bond acceptors (Lipinski definition) is 5. The molecule has 1 unspecified atom stereocenters. The predicted molar refractivity (Wildman–Crippen MR) is 98.2 cm³/mol. The number of rotatable bonds is 8. The first-order valence-corrected chi connectivity index (χ1v) is 8.59. The minimum Gasteiger partial charge on any atom is -0.481 e. The number of carbonyl (C=O) groups excluding carboxylic acids is 3. The van der Waals surface area contributed by atoms with Gasteiger partial charge in [-0.1, -0.05) is 12.1 Å². The van der Waals surface area contributed by atoms with Gasteiger partial charge >= 0.3 is 6.61 Å². The predicted octanol–water partition coefficient (Wildman–Crippen LogP) is 1.77. The summed E-state index contributed by atoms with van der Waals surface area (Å²) < 4.78 is 47.2. The van der Waals surface area contributed by atoms with Crippen molar-refractivity contribution in [2.45, 2.75) is 19.6 Å². The minimum absolute atomic E-state index is 0.184. The van der Waals surface area contributed by atoms with Crippen molar-refractivity contribution in [3.8, 4) is 11.5 Å². The monoisotopic (exact) mass is 425 g/mol. The summed E-state index contributed by atoms with van der Waals surface area (Å²) in [5.74, 6) is -2.85. The van der Waals surface area contributed by atoms with Crippen molar-refractivity contribution in [1.82, 2.24) is 16.2 Å². The Hall–Kier alpha value is -3.76. The lowest BCUT2D eigenvalue weighted by Gasteiger charge is -2.15. The summed E-state index contributed by atoms with van der Waals surface area (Å²) in [5, 5.41) is 2.22. The lowest BCUT2D eigenvalue weighted by atomic mass is 10.2. The third-order valence-corrected chi connectivity index (χ3v) is 3.58. The Bertz CT molecular complexity index is 893. The first-order valence-electron chi connectivity index (χ1n) is 8.59. The lowest BCUT2D eigenvalue weighted by Crippen LogP contribution is -2.50. The zero-order valence-electron chi connectivity index (χ0n) is 15.7. The van der Waals surface area contributed by atoms with Gasteiger partial charge in [-0.25, -0.2) is 4.39 Å². The fourth-order valence-corrected chi connectivity index (χ4v) is 2.16. The number of benzene rings is 2. The molecule has 0 fully saturated rings. The van der Waals surface area contributed by atoms with Gasteiger partial charge in [-0.15, -0.1) is 0 Å². The second kappa shape index (κ2) is 10.7. The Balaban J connectivity index is 1.78. The van der Waals surface area contributed by atoms with Gasteiger partial charge in [0.2, 0.25) is 0 Å². The van der Waals surface area contributed by atoms with Gasteiger partial charge < -0.3 is 14.8 Å². The Morgan fingerprint density at radius 2 is 1.63 bits per heavy atom. The minimum atomic E-state index is -3.11. The van der Waals surface area contributed by atoms with Gasteiger partial charge in [0, 0.05) is 0 Å². The van der Waals surface area contributed by atoms with Gasteiger partial charge in [0.1, 0.15) is 17.3 Å². The maximum Gasteiger partial charge on any atom is 0.387 e. The van der Waals surface area contributed by atoms with Gasteiger partial charge in [0.15, 0.2) is 6.10 Å². The third-order valence-electron chi connectivity index (χ3n) is 3.58. The van der Waals surface area contributed by atoms with E-state index in [1.165, 1.54) is 43.3 Å². The summed E-state index contributed by atoms with van der Waals surface area (Å²) in [7, 11) is 0. The first kappa shape index (κ1) is 22.5. The smallest absolute Gasteiger partial charge is 0.387 e. The van der Waals surface area contributed by atoms with E-state index in [1.54, 1.807) is 0 Å². The summed E-state index contributed by atoms with van der Waals surface area (Å²) in [6.45, 7) is -2.25.